The highest BCUT2D eigenvalue weighted by Crippen LogP contribution is 2.29. The van der Waals surface area contributed by atoms with Crippen LogP contribution >= 0.6 is 0 Å². The van der Waals surface area contributed by atoms with E-state index in [0.29, 0.717) is 28.2 Å². The number of rotatable bonds is 4. The van der Waals surface area contributed by atoms with Gasteiger partial charge in [-0.05, 0) is 24.3 Å². The molecule has 126 valence electrons. The van der Waals surface area contributed by atoms with Crippen LogP contribution in [0, 0.1) is 0 Å². The fourth-order valence-corrected chi connectivity index (χ4v) is 3.06. The van der Waals surface area contributed by atoms with Crippen molar-refractivity contribution in [2.24, 2.45) is 0 Å². The van der Waals surface area contributed by atoms with Crippen molar-refractivity contribution in [3.8, 4) is 5.75 Å². The first-order chi connectivity index (χ1) is 12.1. The number of aromatic amines is 1. The van der Waals surface area contributed by atoms with Gasteiger partial charge in [-0.1, -0.05) is 12.1 Å². The molecule has 3 aromatic rings. The van der Waals surface area contributed by atoms with Gasteiger partial charge < -0.3 is 14.8 Å². The molecule has 0 fully saturated rings. The number of aromatic nitrogens is 2. The summed E-state index contributed by atoms with van der Waals surface area (Å²) in [6.45, 7) is -0.137. The third-order valence-corrected chi connectivity index (χ3v) is 4.33. The Balaban J connectivity index is 1.62. The Morgan fingerprint density at radius 2 is 1.88 bits per heavy atom. The molecule has 0 unspecified atom stereocenters. The number of carbonyl (C=O) groups excluding carboxylic acids is 2. The van der Waals surface area contributed by atoms with Crippen molar-refractivity contribution >= 4 is 22.8 Å². The number of benzene rings is 1. The molecule has 1 aromatic carbocycles. The van der Waals surface area contributed by atoms with Crippen LogP contribution in [0.1, 0.15) is 32.5 Å². The maximum absolute atomic E-state index is 12.4. The molecule has 7 heteroatoms. The van der Waals surface area contributed by atoms with Gasteiger partial charge in [0.25, 0.3) is 11.8 Å². The molecule has 25 heavy (non-hydrogen) atoms. The van der Waals surface area contributed by atoms with Crippen LogP contribution in [-0.4, -0.2) is 45.4 Å². The predicted octanol–water partition coefficient (Wildman–Crippen LogP) is 1.90. The van der Waals surface area contributed by atoms with Gasteiger partial charge in [-0.25, -0.2) is 4.98 Å². The third kappa shape index (κ3) is 2.36. The molecule has 0 radical (unpaired) electrons. The van der Waals surface area contributed by atoms with Crippen molar-refractivity contribution in [3.05, 3.63) is 59.4 Å². The van der Waals surface area contributed by atoms with E-state index in [-0.39, 0.29) is 6.54 Å². The molecule has 1 atom stereocenters. The Labute approximate surface area is 142 Å². The molecule has 1 aliphatic rings. The number of hydrogen-bond donors (Lipinski definition) is 2. The van der Waals surface area contributed by atoms with Gasteiger partial charge in [0.1, 0.15) is 17.5 Å². The quantitative estimate of drug-likeness (QED) is 0.709. The monoisotopic (exact) mass is 337 g/mol. The SMILES string of the molecule is COc1ccnc2[nH]c([C@@H](O)CN3C(=O)c4ccccc4C3=O)cc12. The number of pyridine rings is 1. The van der Waals surface area contributed by atoms with Crippen LogP contribution in [0.2, 0.25) is 0 Å². The van der Waals surface area contributed by atoms with Crippen molar-refractivity contribution in [1.29, 1.82) is 0 Å². The molecule has 2 aromatic heterocycles. The van der Waals surface area contributed by atoms with Crippen LogP contribution in [-0.2, 0) is 0 Å². The topological polar surface area (TPSA) is 95.5 Å². The molecule has 4 rings (SSSR count). The summed E-state index contributed by atoms with van der Waals surface area (Å²) in [7, 11) is 1.55. The van der Waals surface area contributed by atoms with E-state index in [1.54, 1.807) is 49.7 Å². The fourth-order valence-electron chi connectivity index (χ4n) is 3.06. The first kappa shape index (κ1) is 15.3. The number of β-amino-alcohol motifs (C(OH)–C–C–N with tert-alkyl or cyclic N) is 1. The number of ether oxygens (including phenoxy) is 1. The Morgan fingerprint density at radius 1 is 1.20 bits per heavy atom. The number of H-pyrrole nitrogens is 1. The lowest BCUT2D eigenvalue weighted by Crippen LogP contribution is -2.33. The van der Waals surface area contributed by atoms with E-state index in [1.165, 1.54) is 0 Å². The Hall–Kier alpha value is -3.19. The van der Waals surface area contributed by atoms with Crippen molar-refractivity contribution < 1.29 is 19.4 Å². The number of amides is 2. The summed E-state index contributed by atoms with van der Waals surface area (Å²) in [6, 6.07) is 10.1. The summed E-state index contributed by atoms with van der Waals surface area (Å²) in [5, 5.41) is 11.2. The molecular weight excluding hydrogens is 322 g/mol. The molecule has 0 saturated carbocycles. The zero-order valence-electron chi connectivity index (χ0n) is 13.4. The lowest BCUT2D eigenvalue weighted by molar-refractivity contribution is 0.0539. The minimum atomic E-state index is -1.05. The summed E-state index contributed by atoms with van der Waals surface area (Å²) in [4.78, 5) is 33.1. The van der Waals surface area contributed by atoms with Gasteiger partial charge in [0.05, 0.1) is 30.2 Å². The molecule has 0 aliphatic carbocycles. The van der Waals surface area contributed by atoms with Gasteiger partial charge >= 0.3 is 0 Å². The van der Waals surface area contributed by atoms with Gasteiger partial charge in [0.15, 0.2) is 0 Å². The second-order valence-corrected chi connectivity index (χ2v) is 5.78. The average molecular weight is 337 g/mol. The highest BCUT2D eigenvalue weighted by atomic mass is 16.5. The van der Waals surface area contributed by atoms with Gasteiger partial charge in [0, 0.05) is 11.9 Å². The summed E-state index contributed by atoms with van der Waals surface area (Å²) < 4.78 is 5.27. The Morgan fingerprint density at radius 3 is 2.52 bits per heavy atom. The standard InChI is InChI=1S/C18H15N3O4/c1-25-15-6-7-19-16-12(15)8-13(20-16)14(22)9-21-17(23)10-4-2-3-5-11(10)18(21)24/h2-8,14,22H,9H2,1H3,(H,19,20)/t14-/m0/s1. The molecule has 0 spiro atoms. The van der Waals surface area contributed by atoms with Crippen molar-refractivity contribution in [1.82, 2.24) is 14.9 Å². The third-order valence-electron chi connectivity index (χ3n) is 4.33. The van der Waals surface area contributed by atoms with Crippen LogP contribution in [0.25, 0.3) is 11.0 Å². The minimum Gasteiger partial charge on any atom is -0.496 e. The number of imide groups is 1. The second-order valence-electron chi connectivity index (χ2n) is 5.78. The number of carbonyl (C=O) groups is 2. The van der Waals surface area contributed by atoms with E-state index in [2.05, 4.69) is 9.97 Å². The second kappa shape index (κ2) is 5.71. The summed E-state index contributed by atoms with van der Waals surface area (Å²) >= 11 is 0. The molecule has 3 heterocycles. The number of aliphatic hydroxyl groups excluding tert-OH is 1. The Kier molecular flexibility index (Phi) is 3.51. The van der Waals surface area contributed by atoms with E-state index in [1.807, 2.05) is 0 Å². The van der Waals surface area contributed by atoms with E-state index in [0.717, 1.165) is 10.3 Å². The molecule has 0 bridgehead atoms. The number of methoxy groups -OCH3 is 1. The Bertz CT molecular complexity index is 960. The molecule has 2 amide bonds. The summed E-state index contributed by atoms with van der Waals surface area (Å²) in [5.74, 6) is -0.168. The number of nitrogens with zero attached hydrogens (tertiary/aromatic N) is 2. The average Bonchev–Trinajstić information content (AvgIpc) is 3.17. The first-order valence-corrected chi connectivity index (χ1v) is 7.75. The number of nitrogens with one attached hydrogen (secondary N) is 1. The van der Waals surface area contributed by atoms with Gasteiger partial charge in [-0.3, -0.25) is 14.5 Å². The van der Waals surface area contributed by atoms with Crippen LogP contribution < -0.4 is 4.74 Å². The molecule has 1 aliphatic heterocycles. The first-order valence-electron chi connectivity index (χ1n) is 7.75. The predicted molar refractivity (Wildman–Crippen MR) is 89.4 cm³/mol. The van der Waals surface area contributed by atoms with Gasteiger partial charge in [0.2, 0.25) is 0 Å². The van der Waals surface area contributed by atoms with E-state index < -0.39 is 17.9 Å². The minimum absolute atomic E-state index is 0.137. The number of fused-ring (bicyclic) bond motifs is 2. The van der Waals surface area contributed by atoms with Crippen LogP contribution in [0.5, 0.6) is 5.75 Å². The lowest BCUT2D eigenvalue weighted by atomic mass is 10.1. The van der Waals surface area contributed by atoms with Gasteiger partial charge in [-0.15, -0.1) is 0 Å². The van der Waals surface area contributed by atoms with Crippen molar-refractivity contribution in [2.45, 2.75) is 6.10 Å². The van der Waals surface area contributed by atoms with Crippen molar-refractivity contribution in [2.75, 3.05) is 13.7 Å². The fraction of sp³-hybridized carbons (Fsp3) is 0.167. The van der Waals surface area contributed by atoms with E-state index in [4.69, 9.17) is 4.74 Å². The van der Waals surface area contributed by atoms with E-state index >= 15 is 0 Å². The van der Waals surface area contributed by atoms with Gasteiger partial charge in [-0.2, -0.15) is 0 Å². The normalized spacial score (nSPS) is 14.9. The summed E-state index contributed by atoms with van der Waals surface area (Å²) in [6.07, 6.45) is 0.541. The number of hydrogen-bond acceptors (Lipinski definition) is 5. The molecule has 7 nitrogen and oxygen atoms in total. The molecule has 2 N–H and O–H groups in total. The smallest absolute Gasteiger partial charge is 0.261 e. The largest absolute Gasteiger partial charge is 0.496 e. The van der Waals surface area contributed by atoms with Crippen LogP contribution in [0.3, 0.4) is 0 Å². The van der Waals surface area contributed by atoms with Crippen LogP contribution in [0.4, 0.5) is 0 Å². The molecular formula is C18H15N3O4. The maximum Gasteiger partial charge on any atom is 0.261 e. The zero-order valence-corrected chi connectivity index (χ0v) is 13.4. The molecule has 0 saturated heterocycles. The van der Waals surface area contributed by atoms with Crippen molar-refractivity contribution in [3.63, 3.8) is 0 Å². The lowest BCUT2D eigenvalue weighted by Gasteiger charge is -2.17. The highest BCUT2D eigenvalue weighted by molar-refractivity contribution is 6.21. The summed E-state index contributed by atoms with van der Waals surface area (Å²) in [5.41, 5.74) is 1.75. The van der Waals surface area contributed by atoms with Crippen LogP contribution in [0.15, 0.2) is 42.6 Å². The number of aliphatic hydroxyl groups is 1. The highest BCUT2D eigenvalue weighted by Gasteiger charge is 2.36. The van der Waals surface area contributed by atoms with E-state index in [9.17, 15) is 14.7 Å². The zero-order chi connectivity index (χ0) is 17.6. The maximum atomic E-state index is 12.4.